The van der Waals surface area contributed by atoms with E-state index in [-0.39, 0.29) is 12.0 Å². The van der Waals surface area contributed by atoms with Gasteiger partial charge in [-0.05, 0) is 12.5 Å². The third-order valence-electron chi connectivity index (χ3n) is 5.00. The average molecular weight is 320 g/mol. The lowest BCUT2D eigenvalue weighted by molar-refractivity contribution is -0.135. The van der Waals surface area contributed by atoms with Crippen LogP contribution in [0.25, 0.3) is 0 Å². The first-order valence-electron chi connectivity index (χ1n) is 8.53. The van der Waals surface area contributed by atoms with E-state index in [4.69, 9.17) is 9.47 Å². The van der Waals surface area contributed by atoms with E-state index >= 15 is 0 Å². The Morgan fingerprint density at radius 3 is 2.43 bits per heavy atom. The van der Waals surface area contributed by atoms with Crippen molar-refractivity contribution >= 4 is 0 Å². The van der Waals surface area contributed by atoms with Gasteiger partial charge < -0.3 is 19.9 Å². The molecule has 2 unspecified atom stereocenters. The van der Waals surface area contributed by atoms with Gasteiger partial charge in [0.05, 0.1) is 44.5 Å². The van der Waals surface area contributed by atoms with Gasteiger partial charge >= 0.3 is 0 Å². The Morgan fingerprint density at radius 2 is 1.87 bits per heavy atom. The fraction of sp³-hybridized carbons (Fsp3) is 0.667. The maximum absolute atomic E-state index is 9.61. The average Bonchev–Trinajstić information content (AvgIpc) is 2.56. The largest absolute Gasteiger partial charge is 0.396 e. The Hall–Kier alpha value is -0.980. The van der Waals surface area contributed by atoms with E-state index in [1.165, 1.54) is 5.56 Å². The van der Waals surface area contributed by atoms with E-state index in [1.807, 2.05) is 0 Å². The second-order valence-electron chi connectivity index (χ2n) is 6.82. The number of morpholine rings is 1. The Balaban J connectivity index is 1.69. The Labute approximate surface area is 138 Å². The fourth-order valence-corrected chi connectivity index (χ4v) is 3.45. The first kappa shape index (κ1) is 16.9. The predicted octanol–water partition coefficient (Wildman–Crippen LogP) is 1.05. The summed E-state index contributed by atoms with van der Waals surface area (Å²) in [5, 5.41) is 13.3. The van der Waals surface area contributed by atoms with Crippen molar-refractivity contribution in [3.63, 3.8) is 0 Å². The Kier molecular flexibility index (Phi) is 5.67. The molecule has 128 valence electrons. The van der Waals surface area contributed by atoms with Crippen LogP contribution < -0.4 is 5.32 Å². The van der Waals surface area contributed by atoms with Crippen LogP contribution in [0.3, 0.4) is 0 Å². The normalized spacial score (nSPS) is 23.9. The van der Waals surface area contributed by atoms with Gasteiger partial charge in [-0.2, -0.15) is 0 Å². The van der Waals surface area contributed by atoms with Crippen LogP contribution in [0.2, 0.25) is 0 Å². The minimum Gasteiger partial charge on any atom is -0.396 e. The molecule has 3 rings (SSSR count). The van der Waals surface area contributed by atoms with Gasteiger partial charge in [0.15, 0.2) is 0 Å². The summed E-state index contributed by atoms with van der Waals surface area (Å²) in [6.07, 6.45) is 0. The highest BCUT2D eigenvalue weighted by molar-refractivity contribution is 5.21. The molecular weight excluding hydrogens is 292 g/mol. The predicted molar refractivity (Wildman–Crippen MR) is 89.4 cm³/mol. The molecule has 0 amide bonds. The van der Waals surface area contributed by atoms with Crippen LogP contribution in [-0.2, 0) is 9.47 Å². The SMILES string of the molecule is CC(NCC1(CO)COC1)C(c1ccccc1)N1CCOCC1. The van der Waals surface area contributed by atoms with Crippen LogP contribution >= 0.6 is 0 Å². The van der Waals surface area contributed by atoms with E-state index in [2.05, 4.69) is 47.5 Å². The van der Waals surface area contributed by atoms with Crippen molar-refractivity contribution in [1.29, 1.82) is 0 Å². The molecule has 2 fully saturated rings. The molecule has 2 aliphatic heterocycles. The molecule has 5 nitrogen and oxygen atoms in total. The Morgan fingerprint density at radius 1 is 1.17 bits per heavy atom. The number of aliphatic hydroxyl groups excluding tert-OH is 1. The highest BCUT2D eigenvalue weighted by Crippen LogP contribution is 2.29. The minimum absolute atomic E-state index is 0.0967. The van der Waals surface area contributed by atoms with Crippen LogP contribution in [0.1, 0.15) is 18.5 Å². The molecule has 1 aromatic carbocycles. The molecule has 23 heavy (non-hydrogen) atoms. The molecule has 0 aliphatic carbocycles. The summed E-state index contributed by atoms with van der Waals surface area (Å²) >= 11 is 0. The lowest BCUT2D eigenvalue weighted by atomic mass is 9.86. The number of nitrogens with one attached hydrogen (secondary N) is 1. The summed E-state index contributed by atoms with van der Waals surface area (Å²) in [5.41, 5.74) is 1.23. The van der Waals surface area contributed by atoms with Gasteiger partial charge in [0.2, 0.25) is 0 Å². The van der Waals surface area contributed by atoms with Gasteiger partial charge in [-0.3, -0.25) is 4.90 Å². The zero-order valence-electron chi connectivity index (χ0n) is 13.9. The fourth-order valence-electron chi connectivity index (χ4n) is 3.45. The van der Waals surface area contributed by atoms with Crippen molar-refractivity contribution < 1.29 is 14.6 Å². The number of hydrogen-bond acceptors (Lipinski definition) is 5. The quantitative estimate of drug-likeness (QED) is 0.786. The van der Waals surface area contributed by atoms with Gasteiger partial charge in [-0.25, -0.2) is 0 Å². The molecule has 0 bridgehead atoms. The number of nitrogens with zero attached hydrogens (tertiary/aromatic N) is 1. The molecule has 0 aromatic heterocycles. The van der Waals surface area contributed by atoms with E-state index < -0.39 is 0 Å². The highest BCUT2D eigenvalue weighted by atomic mass is 16.5. The molecule has 2 saturated heterocycles. The van der Waals surface area contributed by atoms with Crippen LogP contribution in [0.15, 0.2) is 30.3 Å². The zero-order valence-corrected chi connectivity index (χ0v) is 13.9. The van der Waals surface area contributed by atoms with E-state index in [0.29, 0.717) is 25.3 Å². The minimum atomic E-state index is -0.0967. The van der Waals surface area contributed by atoms with Crippen LogP contribution in [0.5, 0.6) is 0 Å². The third kappa shape index (κ3) is 3.92. The van der Waals surface area contributed by atoms with Crippen molar-refractivity contribution in [3.8, 4) is 0 Å². The topological polar surface area (TPSA) is 54.0 Å². The molecule has 0 radical (unpaired) electrons. The maximum Gasteiger partial charge on any atom is 0.0594 e. The second kappa shape index (κ2) is 7.73. The molecule has 2 N–H and O–H groups in total. The first-order chi connectivity index (χ1) is 11.2. The lowest BCUT2D eigenvalue weighted by Gasteiger charge is -2.43. The maximum atomic E-state index is 9.61. The molecule has 2 aliphatic rings. The molecule has 0 saturated carbocycles. The van der Waals surface area contributed by atoms with Gasteiger partial charge in [-0.15, -0.1) is 0 Å². The van der Waals surface area contributed by atoms with Crippen molar-refractivity contribution in [2.45, 2.75) is 19.0 Å². The van der Waals surface area contributed by atoms with E-state index in [1.54, 1.807) is 0 Å². The zero-order chi connectivity index (χ0) is 16.1. The van der Waals surface area contributed by atoms with Crippen LogP contribution in [0, 0.1) is 5.41 Å². The van der Waals surface area contributed by atoms with Crippen molar-refractivity contribution in [2.75, 3.05) is 52.7 Å². The van der Waals surface area contributed by atoms with Crippen LogP contribution in [-0.4, -0.2) is 68.7 Å². The number of hydrogen-bond donors (Lipinski definition) is 2. The third-order valence-corrected chi connectivity index (χ3v) is 5.00. The van der Waals surface area contributed by atoms with Crippen LogP contribution in [0.4, 0.5) is 0 Å². The number of benzene rings is 1. The number of ether oxygens (including phenoxy) is 2. The molecular formula is C18H28N2O3. The summed E-state index contributed by atoms with van der Waals surface area (Å²) < 4.78 is 10.8. The monoisotopic (exact) mass is 320 g/mol. The lowest BCUT2D eigenvalue weighted by Crippen LogP contribution is -2.55. The molecule has 2 heterocycles. The highest BCUT2D eigenvalue weighted by Gasteiger charge is 2.39. The second-order valence-corrected chi connectivity index (χ2v) is 6.82. The summed E-state index contributed by atoms with van der Waals surface area (Å²) in [6.45, 7) is 8.01. The van der Waals surface area contributed by atoms with Gasteiger partial charge in [-0.1, -0.05) is 30.3 Å². The standard InChI is InChI=1S/C18H28N2O3/c1-15(19-11-18(12-21)13-23-14-18)17(16-5-3-2-4-6-16)20-7-9-22-10-8-20/h2-6,15,17,19,21H,7-14H2,1H3. The Bertz CT molecular complexity index is 467. The summed E-state index contributed by atoms with van der Waals surface area (Å²) in [4.78, 5) is 2.50. The molecule has 2 atom stereocenters. The summed E-state index contributed by atoms with van der Waals surface area (Å²) in [5.74, 6) is 0. The van der Waals surface area contributed by atoms with Gasteiger partial charge in [0.1, 0.15) is 0 Å². The first-order valence-corrected chi connectivity index (χ1v) is 8.53. The summed E-state index contributed by atoms with van der Waals surface area (Å²) in [6, 6.07) is 11.3. The van der Waals surface area contributed by atoms with Crippen molar-refractivity contribution in [3.05, 3.63) is 35.9 Å². The van der Waals surface area contributed by atoms with Gasteiger partial charge in [0.25, 0.3) is 0 Å². The number of rotatable bonds is 7. The molecule has 1 aromatic rings. The van der Waals surface area contributed by atoms with E-state index in [0.717, 1.165) is 32.8 Å². The molecule has 0 spiro atoms. The summed E-state index contributed by atoms with van der Waals surface area (Å²) in [7, 11) is 0. The molecule has 5 heteroatoms. The van der Waals surface area contributed by atoms with E-state index in [9.17, 15) is 5.11 Å². The number of aliphatic hydroxyl groups is 1. The van der Waals surface area contributed by atoms with Crippen molar-refractivity contribution in [1.82, 2.24) is 10.2 Å². The van der Waals surface area contributed by atoms with Gasteiger partial charge in [0, 0.05) is 25.7 Å². The smallest absolute Gasteiger partial charge is 0.0594 e. The van der Waals surface area contributed by atoms with Crippen molar-refractivity contribution in [2.24, 2.45) is 5.41 Å².